The minimum absolute atomic E-state index is 0.107. The van der Waals surface area contributed by atoms with Crippen LogP contribution in [-0.4, -0.2) is 41.8 Å². The van der Waals surface area contributed by atoms with Gasteiger partial charge in [0.2, 0.25) is 5.91 Å². The molecule has 0 heterocycles. The van der Waals surface area contributed by atoms with Crippen LogP contribution in [-0.2, 0) is 19.1 Å². The molecule has 0 aliphatic carbocycles. The number of halogens is 3. The second-order valence-electron chi connectivity index (χ2n) is 7.53. The minimum Gasteiger partial charge on any atom is -0.481 e. The van der Waals surface area contributed by atoms with Crippen molar-refractivity contribution in [2.24, 2.45) is 0 Å². The number of carboxylic acid groups (broad SMARTS) is 1. The lowest BCUT2D eigenvalue weighted by molar-refractivity contribution is -0.205. The number of carbonyl (C=O) groups excluding carboxylic acids is 2. The van der Waals surface area contributed by atoms with E-state index in [-0.39, 0.29) is 18.9 Å². The maximum Gasteiger partial charge on any atom is 0.490 e. The van der Waals surface area contributed by atoms with Gasteiger partial charge in [-0.25, -0.2) is 4.79 Å². The molecule has 0 fully saturated rings. The summed E-state index contributed by atoms with van der Waals surface area (Å²) >= 11 is 0. The van der Waals surface area contributed by atoms with Gasteiger partial charge in [-0.1, -0.05) is 51.9 Å². The highest BCUT2D eigenvalue weighted by atomic mass is 19.4. The van der Waals surface area contributed by atoms with E-state index in [4.69, 9.17) is 5.11 Å². The first-order valence-corrected chi connectivity index (χ1v) is 10.9. The van der Waals surface area contributed by atoms with Crippen LogP contribution in [0.4, 0.5) is 13.2 Å². The van der Waals surface area contributed by atoms with E-state index in [1.807, 2.05) is 0 Å². The zero-order chi connectivity index (χ0) is 22.8. The van der Waals surface area contributed by atoms with Crippen LogP contribution < -0.4 is 5.32 Å². The molecular formula is C21H36F3NO5. The molecule has 1 amide bonds. The molecule has 0 saturated carbocycles. The van der Waals surface area contributed by atoms with E-state index in [9.17, 15) is 27.6 Å². The predicted octanol–water partition coefficient (Wildman–Crippen LogP) is 5.14. The molecule has 0 rings (SSSR count). The number of hydrogen-bond acceptors (Lipinski definition) is 4. The summed E-state index contributed by atoms with van der Waals surface area (Å²) in [5.41, 5.74) is 0. The average molecular weight is 440 g/mol. The number of nitrogens with one attached hydrogen (secondary N) is 1. The van der Waals surface area contributed by atoms with Gasteiger partial charge in [0, 0.05) is 13.0 Å². The lowest BCUT2D eigenvalue weighted by Gasteiger charge is -2.19. The number of unbranched alkanes of at least 4 members (excludes halogenated alkanes) is 8. The van der Waals surface area contributed by atoms with Gasteiger partial charge in [0.25, 0.3) is 0 Å². The van der Waals surface area contributed by atoms with Crippen LogP contribution in [0.1, 0.15) is 96.8 Å². The van der Waals surface area contributed by atoms with Crippen molar-refractivity contribution in [3.8, 4) is 0 Å². The van der Waals surface area contributed by atoms with Gasteiger partial charge in [-0.2, -0.15) is 13.2 Å². The minimum atomic E-state index is -4.97. The normalized spacial score (nSPS) is 12.4. The monoisotopic (exact) mass is 439 g/mol. The number of hydrogen-bond donors (Lipinski definition) is 2. The van der Waals surface area contributed by atoms with E-state index in [1.54, 1.807) is 0 Å². The maximum atomic E-state index is 12.5. The predicted molar refractivity (Wildman–Crippen MR) is 107 cm³/mol. The Morgan fingerprint density at radius 3 is 1.93 bits per heavy atom. The van der Waals surface area contributed by atoms with Crippen LogP contribution in [0, 0.1) is 0 Å². The third-order valence-corrected chi connectivity index (χ3v) is 4.73. The summed E-state index contributed by atoms with van der Waals surface area (Å²) in [4.78, 5) is 33.0. The van der Waals surface area contributed by atoms with E-state index < -0.39 is 24.2 Å². The van der Waals surface area contributed by atoms with Crippen LogP contribution in [0.2, 0.25) is 0 Å². The molecule has 176 valence electrons. The van der Waals surface area contributed by atoms with Crippen LogP contribution in [0.5, 0.6) is 0 Å². The van der Waals surface area contributed by atoms with Gasteiger partial charge in [-0.3, -0.25) is 9.59 Å². The van der Waals surface area contributed by atoms with E-state index in [1.165, 1.54) is 0 Å². The fourth-order valence-electron chi connectivity index (χ4n) is 3.04. The van der Waals surface area contributed by atoms with E-state index >= 15 is 0 Å². The van der Waals surface area contributed by atoms with Crippen molar-refractivity contribution < 1.29 is 37.4 Å². The lowest BCUT2D eigenvalue weighted by atomic mass is 10.0. The van der Waals surface area contributed by atoms with E-state index in [0.717, 1.165) is 51.4 Å². The van der Waals surface area contributed by atoms with Crippen molar-refractivity contribution in [3.05, 3.63) is 0 Å². The molecule has 0 aliphatic rings. The second-order valence-corrected chi connectivity index (χ2v) is 7.53. The summed E-state index contributed by atoms with van der Waals surface area (Å²) < 4.78 is 42.1. The fourth-order valence-corrected chi connectivity index (χ4v) is 3.04. The number of rotatable bonds is 18. The smallest absolute Gasteiger partial charge is 0.481 e. The molecule has 0 bridgehead atoms. The molecule has 6 nitrogen and oxygen atoms in total. The number of aliphatic carboxylic acids is 1. The van der Waals surface area contributed by atoms with Crippen molar-refractivity contribution in [1.82, 2.24) is 5.32 Å². The lowest BCUT2D eigenvalue weighted by Crippen LogP contribution is -2.30. The first kappa shape index (κ1) is 28.2. The Bertz CT molecular complexity index is 498. The third kappa shape index (κ3) is 17.1. The zero-order valence-corrected chi connectivity index (χ0v) is 17.9. The summed E-state index contributed by atoms with van der Waals surface area (Å²) in [6.07, 6.45) is 4.01. The molecule has 0 saturated heterocycles. The third-order valence-electron chi connectivity index (χ3n) is 4.73. The summed E-state index contributed by atoms with van der Waals surface area (Å²) in [6, 6.07) is 0. The maximum absolute atomic E-state index is 12.5. The van der Waals surface area contributed by atoms with Crippen molar-refractivity contribution in [2.75, 3.05) is 6.54 Å². The number of esters is 1. The molecule has 30 heavy (non-hydrogen) atoms. The highest BCUT2D eigenvalue weighted by Gasteiger charge is 2.42. The van der Waals surface area contributed by atoms with Crippen LogP contribution in [0.15, 0.2) is 0 Å². The molecule has 2 N–H and O–H groups in total. The summed E-state index contributed by atoms with van der Waals surface area (Å²) in [5, 5.41) is 11.0. The molecule has 0 aromatic heterocycles. The second kappa shape index (κ2) is 16.9. The Morgan fingerprint density at radius 1 is 0.867 bits per heavy atom. The highest BCUT2D eigenvalue weighted by molar-refractivity contribution is 5.76. The molecule has 0 aromatic rings. The van der Waals surface area contributed by atoms with Crippen molar-refractivity contribution in [1.29, 1.82) is 0 Å². The van der Waals surface area contributed by atoms with E-state index in [0.29, 0.717) is 32.1 Å². The Balaban J connectivity index is 4.00. The van der Waals surface area contributed by atoms with Gasteiger partial charge in [0.1, 0.15) is 6.10 Å². The molecule has 0 radical (unpaired) electrons. The van der Waals surface area contributed by atoms with Gasteiger partial charge in [0.05, 0.1) is 6.42 Å². The quantitative estimate of drug-likeness (QED) is 0.228. The Kier molecular flexibility index (Phi) is 15.9. The molecular weight excluding hydrogens is 403 g/mol. The standard InChI is InChI=1S/C21H36F3NO5/c1-2-3-4-6-9-12-17(30-20(29)21(22,23)24)13-10-7-5-8-11-14-18(26)25-16-15-19(27)28/h17H,2-16H2,1H3,(H,25,26)(H,27,28). The molecule has 0 aromatic carbocycles. The van der Waals surface area contributed by atoms with Crippen molar-refractivity contribution >= 4 is 17.8 Å². The zero-order valence-electron chi connectivity index (χ0n) is 17.9. The number of carbonyl (C=O) groups is 3. The fraction of sp³-hybridized carbons (Fsp3) is 0.857. The van der Waals surface area contributed by atoms with Gasteiger partial charge in [-0.15, -0.1) is 0 Å². The van der Waals surface area contributed by atoms with E-state index in [2.05, 4.69) is 17.0 Å². The van der Waals surface area contributed by atoms with Gasteiger partial charge >= 0.3 is 18.1 Å². The molecule has 1 unspecified atom stereocenters. The number of carboxylic acids is 1. The van der Waals surface area contributed by atoms with Crippen LogP contribution >= 0.6 is 0 Å². The van der Waals surface area contributed by atoms with Gasteiger partial charge in [-0.05, 0) is 32.1 Å². The summed E-state index contributed by atoms with van der Waals surface area (Å²) in [7, 11) is 0. The Morgan fingerprint density at radius 2 is 1.40 bits per heavy atom. The summed E-state index contributed by atoms with van der Waals surface area (Å²) in [5.74, 6) is -3.26. The molecule has 9 heteroatoms. The van der Waals surface area contributed by atoms with Crippen LogP contribution in [0.25, 0.3) is 0 Å². The first-order valence-electron chi connectivity index (χ1n) is 10.9. The van der Waals surface area contributed by atoms with Crippen molar-refractivity contribution in [2.45, 2.75) is 109 Å². The summed E-state index contributed by atoms with van der Waals surface area (Å²) in [6.45, 7) is 2.20. The number of alkyl halides is 3. The molecule has 1 atom stereocenters. The SMILES string of the molecule is CCCCCCCC(CCCCCCCC(=O)NCCC(=O)O)OC(=O)C(F)(F)F. The van der Waals surface area contributed by atoms with Crippen molar-refractivity contribution in [3.63, 3.8) is 0 Å². The van der Waals surface area contributed by atoms with Gasteiger partial charge in [0.15, 0.2) is 0 Å². The topological polar surface area (TPSA) is 92.7 Å². The Labute approximate surface area is 176 Å². The first-order chi connectivity index (χ1) is 14.2. The number of amides is 1. The van der Waals surface area contributed by atoms with Gasteiger partial charge < -0.3 is 15.2 Å². The largest absolute Gasteiger partial charge is 0.490 e. The average Bonchev–Trinajstić information content (AvgIpc) is 2.65. The number of ether oxygens (including phenoxy) is 1. The highest BCUT2D eigenvalue weighted by Crippen LogP contribution is 2.22. The van der Waals surface area contributed by atoms with Crippen LogP contribution in [0.3, 0.4) is 0 Å². The molecule has 0 aliphatic heterocycles. The Hall–Kier alpha value is -1.80. The molecule has 0 spiro atoms.